The van der Waals surface area contributed by atoms with E-state index in [-0.39, 0.29) is 11.8 Å². The Morgan fingerprint density at radius 3 is 2.79 bits per heavy atom. The summed E-state index contributed by atoms with van der Waals surface area (Å²) in [7, 11) is 0. The lowest BCUT2D eigenvalue weighted by molar-refractivity contribution is -0.137. The van der Waals surface area contributed by atoms with Crippen molar-refractivity contribution < 1.29 is 18.0 Å². The van der Waals surface area contributed by atoms with Crippen molar-refractivity contribution in [2.24, 2.45) is 0 Å². The first kappa shape index (κ1) is 18.7. The molecule has 28 heavy (non-hydrogen) atoms. The molecule has 0 spiro atoms. The molecule has 0 aliphatic heterocycles. The number of hydrogen-bond donors (Lipinski definition) is 1. The molecule has 2 aromatic heterocycles. The third-order valence-corrected chi connectivity index (χ3v) is 5.47. The van der Waals surface area contributed by atoms with Gasteiger partial charge in [0.1, 0.15) is 5.01 Å². The molecule has 0 radical (unpaired) electrons. The average molecular weight is 406 g/mol. The lowest BCUT2D eigenvalue weighted by Crippen LogP contribution is -2.23. The van der Waals surface area contributed by atoms with Crippen LogP contribution in [-0.2, 0) is 12.7 Å². The Morgan fingerprint density at radius 1 is 1.36 bits per heavy atom. The second kappa shape index (κ2) is 7.05. The molecular weight excluding hydrogens is 389 g/mol. The smallest absolute Gasteiger partial charge is 0.345 e. The van der Waals surface area contributed by atoms with Gasteiger partial charge in [0.2, 0.25) is 0 Å². The van der Waals surface area contributed by atoms with Crippen LogP contribution in [-0.4, -0.2) is 20.7 Å². The van der Waals surface area contributed by atoms with Crippen LogP contribution < -0.4 is 5.32 Å². The number of nitrogens with one attached hydrogen (secondary N) is 1. The molecule has 1 saturated carbocycles. The number of aromatic nitrogens is 3. The van der Waals surface area contributed by atoms with E-state index in [0.717, 1.165) is 35.7 Å². The van der Waals surface area contributed by atoms with Gasteiger partial charge in [0.15, 0.2) is 0 Å². The van der Waals surface area contributed by atoms with Crippen molar-refractivity contribution in [3.63, 3.8) is 0 Å². The van der Waals surface area contributed by atoms with Crippen molar-refractivity contribution in [1.82, 2.24) is 20.1 Å². The van der Waals surface area contributed by atoms with E-state index in [1.165, 1.54) is 28.3 Å². The number of carbonyl (C=O) groups excluding carboxylic acids is 1. The predicted molar refractivity (Wildman–Crippen MR) is 98.6 cm³/mol. The molecule has 0 atom stereocenters. The van der Waals surface area contributed by atoms with Crippen molar-refractivity contribution in [2.75, 3.05) is 0 Å². The van der Waals surface area contributed by atoms with Crippen LogP contribution in [0.15, 0.2) is 35.8 Å². The molecule has 1 N–H and O–H groups in total. The first-order chi connectivity index (χ1) is 13.3. The van der Waals surface area contributed by atoms with E-state index < -0.39 is 11.7 Å². The highest BCUT2D eigenvalue weighted by atomic mass is 32.1. The van der Waals surface area contributed by atoms with Crippen LogP contribution in [0, 0.1) is 6.92 Å². The molecule has 2 heterocycles. The first-order valence-corrected chi connectivity index (χ1v) is 9.65. The summed E-state index contributed by atoms with van der Waals surface area (Å²) in [6.07, 6.45) is -1.24. The predicted octanol–water partition coefficient (Wildman–Crippen LogP) is 4.46. The van der Waals surface area contributed by atoms with Gasteiger partial charge in [-0.2, -0.15) is 18.3 Å². The summed E-state index contributed by atoms with van der Waals surface area (Å²) >= 11 is 1.46. The molecule has 0 unspecified atom stereocenters. The Morgan fingerprint density at radius 2 is 2.14 bits per heavy atom. The van der Waals surface area contributed by atoms with Gasteiger partial charge in [-0.15, -0.1) is 11.3 Å². The van der Waals surface area contributed by atoms with Crippen LogP contribution in [0.1, 0.15) is 51.1 Å². The summed E-state index contributed by atoms with van der Waals surface area (Å²) in [5, 5.41) is 9.76. The van der Waals surface area contributed by atoms with Crippen molar-refractivity contribution in [2.45, 2.75) is 38.4 Å². The van der Waals surface area contributed by atoms with Crippen LogP contribution in [0.25, 0.3) is 5.69 Å². The van der Waals surface area contributed by atoms with E-state index >= 15 is 0 Å². The standard InChI is InChI=1S/C19H17F3N4OS/c1-11-10-28-16(25-11)9-23-18(27)15-8-24-26(17(15)12-5-6-12)14-4-2-3-13(7-14)19(20,21)22/h2-4,7-8,10,12H,5-6,9H2,1H3,(H,23,27). The number of aryl methyl sites for hydroxylation is 1. The van der Waals surface area contributed by atoms with Crippen molar-refractivity contribution in [3.8, 4) is 5.69 Å². The first-order valence-electron chi connectivity index (χ1n) is 8.77. The molecule has 0 saturated heterocycles. The Hall–Kier alpha value is -2.68. The molecule has 1 aromatic carbocycles. The average Bonchev–Trinajstić information content (AvgIpc) is 3.26. The summed E-state index contributed by atoms with van der Waals surface area (Å²) in [5.74, 6) is -0.173. The second-order valence-corrected chi connectivity index (χ2v) is 7.69. The Labute approximate surface area is 163 Å². The molecule has 0 bridgehead atoms. The number of amides is 1. The SMILES string of the molecule is Cc1csc(CNC(=O)c2cnn(-c3cccc(C(F)(F)F)c3)c2C2CC2)n1. The summed E-state index contributed by atoms with van der Waals surface area (Å²) < 4.78 is 40.6. The minimum Gasteiger partial charge on any atom is -0.345 e. The number of nitrogens with zero attached hydrogens (tertiary/aromatic N) is 3. The van der Waals surface area contributed by atoms with Crippen LogP contribution >= 0.6 is 11.3 Å². The second-order valence-electron chi connectivity index (χ2n) is 6.74. The fourth-order valence-electron chi connectivity index (χ4n) is 3.04. The van der Waals surface area contributed by atoms with Gasteiger partial charge in [-0.25, -0.2) is 9.67 Å². The van der Waals surface area contributed by atoms with E-state index in [1.807, 2.05) is 12.3 Å². The van der Waals surface area contributed by atoms with E-state index in [2.05, 4.69) is 15.4 Å². The molecule has 1 aliphatic rings. The van der Waals surface area contributed by atoms with Crippen molar-refractivity contribution in [3.05, 3.63) is 63.4 Å². The van der Waals surface area contributed by atoms with E-state index in [4.69, 9.17) is 0 Å². The van der Waals surface area contributed by atoms with Crippen LogP contribution in [0.5, 0.6) is 0 Å². The van der Waals surface area contributed by atoms with Gasteiger partial charge >= 0.3 is 6.18 Å². The molecule has 9 heteroatoms. The minimum atomic E-state index is -4.44. The number of halogens is 3. The molecule has 5 nitrogen and oxygen atoms in total. The van der Waals surface area contributed by atoms with Crippen LogP contribution in [0.2, 0.25) is 0 Å². The number of hydrogen-bond acceptors (Lipinski definition) is 4. The molecule has 1 fully saturated rings. The molecule has 4 rings (SSSR count). The highest BCUT2D eigenvalue weighted by Gasteiger charge is 2.34. The molecule has 146 valence electrons. The highest BCUT2D eigenvalue weighted by Crippen LogP contribution is 2.42. The van der Waals surface area contributed by atoms with Gasteiger partial charge in [-0.1, -0.05) is 6.07 Å². The maximum absolute atomic E-state index is 13.1. The third-order valence-electron chi connectivity index (χ3n) is 4.50. The topological polar surface area (TPSA) is 59.8 Å². The summed E-state index contributed by atoms with van der Waals surface area (Å²) in [6.45, 7) is 2.18. The number of alkyl halides is 3. The third kappa shape index (κ3) is 3.80. The zero-order valence-corrected chi connectivity index (χ0v) is 15.8. The quantitative estimate of drug-likeness (QED) is 0.680. The number of rotatable bonds is 5. The molecule has 1 aliphatic carbocycles. The van der Waals surface area contributed by atoms with Gasteiger partial charge in [0.05, 0.1) is 35.2 Å². The van der Waals surface area contributed by atoms with Crippen molar-refractivity contribution in [1.29, 1.82) is 0 Å². The van der Waals surface area contributed by atoms with Gasteiger partial charge in [-0.3, -0.25) is 4.79 Å². The number of carbonyl (C=O) groups is 1. The fourth-order valence-corrected chi connectivity index (χ4v) is 3.75. The molecule has 3 aromatic rings. The largest absolute Gasteiger partial charge is 0.416 e. The van der Waals surface area contributed by atoms with Gasteiger partial charge in [-0.05, 0) is 38.0 Å². The fraction of sp³-hybridized carbons (Fsp3) is 0.316. The van der Waals surface area contributed by atoms with E-state index in [1.54, 1.807) is 6.07 Å². The zero-order chi connectivity index (χ0) is 19.9. The lowest BCUT2D eigenvalue weighted by Gasteiger charge is -2.12. The minimum absolute atomic E-state index is 0.125. The number of benzene rings is 1. The normalized spacial score (nSPS) is 14.3. The maximum Gasteiger partial charge on any atom is 0.416 e. The van der Waals surface area contributed by atoms with Crippen molar-refractivity contribution >= 4 is 17.2 Å². The lowest BCUT2D eigenvalue weighted by atomic mass is 10.1. The van der Waals surface area contributed by atoms with Gasteiger partial charge < -0.3 is 5.32 Å². The Balaban J connectivity index is 1.62. The zero-order valence-electron chi connectivity index (χ0n) is 15.0. The van der Waals surface area contributed by atoms with Gasteiger partial charge in [0.25, 0.3) is 5.91 Å². The Kier molecular flexibility index (Phi) is 4.70. The monoisotopic (exact) mass is 406 g/mol. The summed E-state index contributed by atoms with van der Waals surface area (Å²) in [4.78, 5) is 17.0. The molecule has 1 amide bonds. The summed E-state index contributed by atoms with van der Waals surface area (Å²) in [6, 6.07) is 4.99. The van der Waals surface area contributed by atoms with Crippen LogP contribution in [0.3, 0.4) is 0 Å². The maximum atomic E-state index is 13.1. The summed E-state index contributed by atoms with van der Waals surface area (Å²) in [5.41, 5.74) is 1.50. The van der Waals surface area contributed by atoms with Gasteiger partial charge in [0, 0.05) is 17.0 Å². The number of thiazole rings is 1. The molecular formula is C19H17F3N4OS. The Bertz CT molecular complexity index is 1020. The van der Waals surface area contributed by atoms with E-state index in [9.17, 15) is 18.0 Å². The van der Waals surface area contributed by atoms with Crippen LogP contribution in [0.4, 0.5) is 13.2 Å². The van der Waals surface area contributed by atoms with E-state index in [0.29, 0.717) is 23.5 Å². The highest BCUT2D eigenvalue weighted by molar-refractivity contribution is 7.09.